The van der Waals surface area contributed by atoms with Gasteiger partial charge in [0.15, 0.2) is 17.1 Å². The van der Waals surface area contributed by atoms with Crippen LogP contribution in [0.3, 0.4) is 0 Å². The molecule has 0 bridgehead atoms. The zero-order valence-electron chi connectivity index (χ0n) is 21.0. The molecule has 1 saturated heterocycles. The smallest absolute Gasteiger partial charge is 0.163 e. The molecule has 0 spiro atoms. The first-order valence-electron chi connectivity index (χ1n) is 12.4. The SMILES string of the molecule is COc1cc2c(Nc3ccc(OC)c4ccoc34)c(C#N)cnc2cc1OCCCN1CCC(O)CC1. The quantitative estimate of drug-likeness (QED) is 0.310. The summed E-state index contributed by atoms with van der Waals surface area (Å²) in [4.78, 5) is 6.86. The molecule has 9 nitrogen and oxygen atoms in total. The number of aromatic nitrogens is 1. The van der Waals surface area contributed by atoms with Gasteiger partial charge in [-0.05, 0) is 43.5 Å². The second kappa shape index (κ2) is 10.9. The number of anilines is 2. The third-order valence-corrected chi connectivity index (χ3v) is 6.76. The van der Waals surface area contributed by atoms with Crippen molar-refractivity contribution in [3.05, 3.63) is 48.4 Å². The number of aliphatic hydroxyl groups excluding tert-OH is 1. The van der Waals surface area contributed by atoms with Crippen LogP contribution in [0.5, 0.6) is 17.2 Å². The number of aliphatic hydroxyl groups is 1. The lowest BCUT2D eigenvalue weighted by atomic mass is 10.1. The number of hydrogen-bond donors (Lipinski definition) is 2. The van der Waals surface area contributed by atoms with Gasteiger partial charge in [0.1, 0.15) is 11.8 Å². The van der Waals surface area contributed by atoms with Gasteiger partial charge in [-0.25, -0.2) is 0 Å². The van der Waals surface area contributed by atoms with Gasteiger partial charge in [-0.15, -0.1) is 0 Å². The third kappa shape index (κ3) is 5.12. The van der Waals surface area contributed by atoms with E-state index >= 15 is 0 Å². The van der Waals surface area contributed by atoms with Crippen LogP contribution in [0.2, 0.25) is 0 Å². The Morgan fingerprint density at radius 3 is 2.68 bits per heavy atom. The maximum absolute atomic E-state index is 9.81. The van der Waals surface area contributed by atoms with Crippen LogP contribution in [0.1, 0.15) is 24.8 Å². The van der Waals surface area contributed by atoms with Gasteiger partial charge in [-0.3, -0.25) is 4.98 Å². The van der Waals surface area contributed by atoms with E-state index in [1.807, 2.05) is 30.3 Å². The Bertz CT molecular complexity index is 1440. The van der Waals surface area contributed by atoms with E-state index < -0.39 is 0 Å². The standard InChI is InChI=1S/C28H30N4O5/c1-34-24-5-4-22(28-20(24)8-13-37-28)31-27-18(16-29)17-30-23-15-26(25(35-2)14-21(23)27)36-12-3-9-32-10-6-19(33)7-11-32/h4-5,8,13-15,17,19,33H,3,6-7,9-12H2,1-2H3,(H,30,31). The molecule has 0 unspecified atom stereocenters. The number of piperidine rings is 1. The molecule has 0 saturated carbocycles. The highest BCUT2D eigenvalue weighted by Gasteiger charge is 2.18. The fourth-order valence-corrected chi connectivity index (χ4v) is 4.75. The van der Waals surface area contributed by atoms with Crippen LogP contribution in [0.25, 0.3) is 21.9 Å². The topological polar surface area (TPSA) is 113 Å². The second-order valence-corrected chi connectivity index (χ2v) is 9.06. The van der Waals surface area contributed by atoms with E-state index in [2.05, 4.69) is 21.3 Å². The predicted octanol–water partition coefficient (Wildman–Crippen LogP) is 4.84. The highest BCUT2D eigenvalue weighted by Crippen LogP contribution is 2.39. The number of methoxy groups -OCH3 is 2. The number of pyridine rings is 1. The first-order chi connectivity index (χ1) is 18.1. The Kier molecular flexibility index (Phi) is 7.30. The number of hydrogen-bond acceptors (Lipinski definition) is 9. The number of benzene rings is 2. The van der Waals surface area contributed by atoms with Crippen molar-refractivity contribution in [2.45, 2.75) is 25.4 Å². The number of furan rings is 1. The normalized spacial score (nSPS) is 14.5. The Labute approximate surface area is 215 Å². The highest BCUT2D eigenvalue weighted by atomic mass is 16.5. The third-order valence-electron chi connectivity index (χ3n) is 6.76. The zero-order valence-corrected chi connectivity index (χ0v) is 21.0. The summed E-state index contributed by atoms with van der Waals surface area (Å²) in [5.74, 6) is 1.87. The van der Waals surface area contributed by atoms with Crippen LogP contribution in [0.15, 0.2) is 47.2 Å². The van der Waals surface area contributed by atoms with Crippen LogP contribution in [0.4, 0.5) is 11.4 Å². The zero-order chi connectivity index (χ0) is 25.8. The van der Waals surface area contributed by atoms with Crippen molar-refractivity contribution in [3.63, 3.8) is 0 Å². The van der Waals surface area contributed by atoms with E-state index in [4.69, 9.17) is 18.6 Å². The average Bonchev–Trinajstić information content (AvgIpc) is 3.42. The molecule has 1 fully saturated rings. The lowest BCUT2D eigenvalue weighted by molar-refractivity contribution is 0.0799. The number of ether oxygens (including phenoxy) is 3. The molecular formula is C28H30N4O5. The van der Waals surface area contributed by atoms with Gasteiger partial charge in [0, 0.05) is 37.3 Å². The first-order valence-corrected chi connectivity index (χ1v) is 12.4. The molecule has 2 aromatic carbocycles. The Morgan fingerprint density at radius 1 is 1.11 bits per heavy atom. The highest BCUT2D eigenvalue weighted by molar-refractivity contribution is 6.01. The van der Waals surface area contributed by atoms with Gasteiger partial charge < -0.3 is 34.0 Å². The number of nitrogens with zero attached hydrogens (tertiary/aromatic N) is 3. The molecule has 2 N–H and O–H groups in total. The van der Waals surface area contributed by atoms with E-state index in [0.29, 0.717) is 51.9 Å². The van der Waals surface area contributed by atoms with E-state index in [-0.39, 0.29) is 6.10 Å². The summed E-state index contributed by atoms with van der Waals surface area (Å²) < 4.78 is 22.9. The maximum atomic E-state index is 9.81. The summed E-state index contributed by atoms with van der Waals surface area (Å²) in [7, 11) is 3.21. The van der Waals surface area contributed by atoms with Gasteiger partial charge in [-0.2, -0.15) is 5.26 Å². The summed E-state index contributed by atoms with van der Waals surface area (Å²) in [6, 6.07) is 11.5. The van der Waals surface area contributed by atoms with E-state index in [1.165, 1.54) is 0 Å². The molecule has 37 heavy (non-hydrogen) atoms. The molecule has 0 aliphatic carbocycles. The van der Waals surface area contributed by atoms with Gasteiger partial charge in [0.05, 0.1) is 61.0 Å². The molecule has 4 aromatic rings. The van der Waals surface area contributed by atoms with Crippen molar-refractivity contribution in [2.75, 3.05) is 45.8 Å². The Hall–Kier alpha value is -4.00. The van der Waals surface area contributed by atoms with Gasteiger partial charge in [0.25, 0.3) is 0 Å². The van der Waals surface area contributed by atoms with Crippen LogP contribution in [-0.2, 0) is 0 Å². The van der Waals surface area contributed by atoms with E-state index in [1.54, 1.807) is 26.7 Å². The van der Waals surface area contributed by atoms with E-state index in [0.717, 1.165) is 49.7 Å². The van der Waals surface area contributed by atoms with Crippen molar-refractivity contribution in [2.24, 2.45) is 0 Å². The van der Waals surface area contributed by atoms with Crippen LogP contribution >= 0.6 is 0 Å². The minimum atomic E-state index is -0.169. The lowest BCUT2D eigenvalue weighted by Gasteiger charge is -2.29. The monoisotopic (exact) mass is 502 g/mol. The molecule has 3 heterocycles. The largest absolute Gasteiger partial charge is 0.496 e. The molecular weight excluding hydrogens is 472 g/mol. The molecule has 0 amide bonds. The molecule has 0 radical (unpaired) electrons. The van der Waals surface area contributed by atoms with Crippen molar-refractivity contribution in [1.29, 1.82) is 5.26 Å². The molecule has 5 rings (SSSR count). The Balaban J connectivity index is 1.40. The molecule has 1 aliphatic heterocycles. The van der Waals surface area contributed by atoms with E-state index in [9.17, 15) is 10.4 Å². The Morgan fingerprint density at radius 2 is 1.92 bits per heavy atom. The average molecular weight is 503 g/mol. The van der Waals surface area contributed by atoms with Crippen LogP contribution in [-0.4, -0.2) is 61.6 Å². The summed E-state index contributed by atoms with van der Waals surface area (Å²) in [6.45, 7) is 3.29. The van der Waals surface area contributed by atoms with Crippen molar-refractivity contribution in [3.8, 4) is 23.3 Å². The summed E-state index contributed by atoms with van der Waals surface area (Å²) in [5.41, 5.74) is 3.00. The van der Waals surface area contributed by atoms with Gasteiger partial charge in [-0.1, -0.05) is 0 Å². The van der Waals surface area contributed by atoms with Gasteiger partial charge >= 0.3 is 0 Å². The first kappa shape index (κ1) is 24.7. The fraction of sp³-hybridized carbons (Fsp3) is 0.357. The summed E-state index contributed by atoms with van der Waals surface area (Å²) in [5, 5.41) is 24.4. The van der Waals surface area contributed by atoms with Crippen molar-refractivity contribution >= 4 is 33.2 Å². The van der Waals surface area contributed by atoms with Crippen LogP contribution < -0.4 is 19.5 Å². The molecule has 0 atom stereocenters. The number of likely N-dealkylation sites (tertiary alicyclic amines) is 1. The lowest BCUT2D eigenvalue weighted by Crippen LogP contribution is -2.36. The molecule has 9 heteroatoms. The fourth-order valence-electron chi connectivity index (χ4n) is 4.75. The molecule has 192 valence electrons. The van der Waals surface area contributed by atoms with Crippen molar-refractivity contribution < 1.29 is 23.7 Å². The molecule has 1 aliphatic rings. The number of fused-ring (bicyclic) bond motifs is 2. The molecule has 2 aromatic heterocycles. The summed E-state index contributed by atoms with van der Waals surface area (Å²) in [6.07, 6.45) is 5.51. The minimum absolute atomic E-state index is 0.169. The second-order valence-electron chi connectivity index (χ2n) is 9.06. The predicted molar refractivity (Wildman–Crippen MR) is 141 cm³/mol. The van der Waals surface area contributed by atoms with Gasteiger partial charge in [0.2, 0.25) is 0 Å². The maximum Gasteiger partial charge on any atom is 0.163 e. The minimum Gasteiger partial charge on any atom is -0.496 e. The van der Waals surface area contributed by atoms with Crippen molar-refractivity contribution in [1.82, 2.24) is 9.88 Å². The summed E-state index contributed by atoms with van der Waals surface area (Å²) >= 11 is 0. The number of rotatable bonds is 9. The number of nitrogens with one attached hydrogen (secondary N) is 1. The number of nitriles is 1. The van der Waals surface area contributed by atoms with Crippen LogP contribution in [0, 0.1) is 11.3 Å².